The number of hydrogen-bond acceptors (Lipinski definition) is 3. The molecule has 1 saturated carbocycles. The highest BCUT2D eigenvalue weighted by molar-refractivity contribution is 5.89. The second kappa shape index (κ2) is 3.50. The molecule has 0 bridgehead atoms. The van der Waals surface area contributed by atoms with Gasteiger partial charge < -0.3 is 10.1 Å². The highest BCUT2D eigenvalue weighted by Gasteiger charge is 2.31. The quantitative estimate of drug-likeness (QED) is 0.642. The molecular weight excluding hydrogens is 166 g/mol. The Morgan fingerprint density at radius 1 is 1.54 bits per heavy atom. The molecule has 13 heavy (non-hydrogen) atoms. The van der Waals surface area contributed by atoms with E-state index < -0.39 is 0 Å². The highest BCUT2D eigenvalue weighted by Crippen LogP contribution is 2.39. The summed E-state index contributed by atoms with van der Waals surface area (Å²) < 4.78 is 4.77. The Labute approximate surface area is 78.1 Å². The van der Waals surface area contributed by atoms with Crippen LogP contribution >= 0.6 is 0 Å². The molecule has 1 fully saturated rings. The van der Waals surface area contributed by atoms with Crippen LogP contribution in [0.15, 0.2) is 11.1 Å². The number of rotatable bonds is 2. The molecule has 0 aromatic heterocycles. The monoisotopic (exact) mass is 181 g/mol. The fourth-order valence-electron chi connectivity index (χ4n) is 1.88. The summed E-state index contributed by atoms with van der Waals surface area (Å²) in [6.45, 7) is 1.79. The van der Waals surface area contributed by atoms with Crippen molar-refractivity contribution in [1.82, 2.24) is 5.32 Å². The van der Waals surface area contributed by atoms with Gasteiger partial charge in [0, 0.05) is 12.1 Å². The molecule has 0 amide bonds. The maximum absolute atomic E-state index is 11.4. The molecule has 1 N–H and O–H groups in total. The third-order valence-corrected chi connectivity index (χ3v) is 2.76. The molecule has 1 heterocycles. The molecule has 0 aromatic rings. The van der Waals surface area contributed by atoms with Gasteiger partial charge in [0.15, 0.2) is 0 Å². The molecule has 0 aromatic carbocycles. The fourth-order valence-corrected chi connectivity index (χ4v) is 1.88. The Morgan fingerprint density at radius 2 is 2.31 bits per heavy atom. The van der Waals surface area contributed by atoms with E-state index in [1.807, 2.05) is 0 Å². The summed E-state index contributed by atoms with van der Waals surface area (Å²) in [5.74, 6) is 0.547. The lowest BCUT2D eigenvalue weighted by Gasteiger charge is -2.19. The second-order valence-electron chi connectivity index (χ2n) is 3.70. The first-order valence-corrected chi connectivity index (χ1v) is 4.84. The predicted molar refractivity (Wildman–Crippen MR) is 49.3 cm³/mol. The first-order chi connectivity index (χ1) is 6.33. The molecule has 0 unspecified atom stereocenters. The predicted octanol–water partition coefficient (Wildman–Crippen LogP) is 0.859. The summed E-state index contributed by atoms with van der Waals surface area (Å²) >= 11 is 0. The summed E-state index contributed by atoms with van der Waals surface area (Å²) in [4.78, 5) is 11.4. The molecular formula is C10H15NO2. The normalized spacial score (nSPS) is 23.2. The third-order valence-electron chi connectivity index (χ3n) is 2.76. The van der Waals surface area contributed by atoms with Crippen LogP contribution in [0.2, 0.25) is 0 Å². The Morgan fingerprint density at radius 3 is 2.92 bits per heavy atom. The van der Waals surface area contributed by atoms with Crippen molar-refractivity contribution in [1.29, 1.82) is 0 Å². The van der Waals surface area contributed by atoms with Crippen molar-refractivity contribution in [2.45, 2.75) is 19.3 Å². The largest absolute Gasteiger partial charge is 0.466 e. The van der Waals surface area contributed by atoms with Crippen LogP contribution in [0.1, 0.15) is 19.3 Å². The van der Waals surface area contributed by atoms with E-state index in [4.69, 9.17) is 4.74 Å². The molecule has 0 saturated heterocycles. The minimum atomic E-state index is -0.122. The van der Waals surface area contributed by atoms with Gasteiger partial charge in [-0.3, -0.25) is 0 Å². The van der Waals surface area contributed by atoms with Crippen molar-refractivity contribution in [3.8, 4) is 0 Å². The van der Waals surface area contributed by atoms with Crippen molar-refractivity contribution in [3.63, 3.8) is 0 Å². The second-order valence-corrected chi connectivity index (χ2v) is 3.70. The number of carbonyl (C=O) groups is 1. The Balaban J connectivity index is 2.20. The lowest BCUT2D eigenvalue weighted by atomic mass is 9.98. The van der Waals surface area contributed by atoms with E-state index in [1.54, 1.807) is 0 Å². The molecule has 3 nitrogen and oxygen atoms in total. The standard InChI is InChI=1S/C10H15NO2/c1-13-10(12)8-4-5-11-6-9(8)7-2-3-7/h7,11H,2-6H2,1H3. The summed E-state index contributed by atoms with van der Waals surface area (Å²) in [6.07, 6.45) is 3.33. The third kappa shape index (κ3) is 1.75. The van der Waals surface area contributed by atoms with E-state index in [1.165, 1.54) is 25.5 Å². The van der Waals surface area contributed by atoms with Gasteiger partial charge in [0.05, 0.1) is 7.11 Å². The van der Waals surface area contributed by atoms with E-state index in [0.29, 0.717) is 5.92 Å². The first-order valence-electron chi connectivity index (χ1n) is 4.84. The molecule has 2 aliphatic rings. The maximum atomic E-state index is 11.4. The number of ether oxygens (including phenoxy) is 1. The van der Waals surface area contributed by atoms with Gasteiger partial charge in [-0.25, -0.2) is 4.79 Å². The van der Waals surface area contributed by atoms with Gasteiger partial charge in [-0.15, -0.1) is 0 Å². The molecule has 3 heteroatoms. The van der Waals surface area contributed by atoms with E-state index in [-0.39, 0.29) is 5.97 Å². The van der Waals surface area contributed by atoms with Crippen molar-refractivity contribution in [3.05, 3.63) is 11.1 Å². The highest BCUT2D eigenvalue weighted by atomic mass is 16.5. The van der Waals surface area contributed by atoms with Crippen LogP contribution in [-0.2, 0) is 9.53 Å². The smallest absolute Gasteiger partial charge is 0.333 e. The van der Waals surface area contributed by atoms with Gasteiger partial charge >= 0.3 is 5.97 Å². The summed E-state index contributed by atoms with van der Waals surface area (Å²) in [5.41, 5.74) is 2.24. The summed E-state index contributed by atoms with van der Waals surface area (Å²) in [7, 11) is 1.46. The van der Waals surface area contributed by atoms with Crippen LogP contribution in [-0.4, -0.2) is 26.2 Å². The Kier molecular flexibility index (Phi) is 2.36. The Hall–Kier alpha value is -0.830. The molecule has 2 rings (SSSR count). The van der Waals surface area contributed by atoms with Crippen LogP contribution in [0.3, 0.4) is 0 Å². The van der Waals surface area contributed by atoms with E-state index in [2.05, 4.69) is 5.32 Å². The fraction of sp³-hybridized carbons (Fsp3) is 0.700. The zero-order valence-electron chi connectivity index (χ0n) is 7.93. The molecule has 0 atom stereocenters. The van der Waals surface area contributed by atoms with Crippen LogP contribution in [0, 0.1) is 5.92 Å². The van der Waals surface area contributed by atoms with Crippen molar-refractivity contribution < 1.29 is 9.53 Å². The van der Waals surface area contributed by atoms with Crippen LogP contribution in [0.4, 0.5) is 0 Å². The number of esters is 1. The van der Waals surface area contributed by atoms with E-state index in [9.17, 15) is 4.79 Å². The number of carbonyl (C=O) groups excluding carboxylic acids is 1. The van der Waals surface area contributed by atoms with Gasteiger partial charge in [0.1, 0.15) is 0 Å². The molecule has 72 valence electrons. The van der Waals surface area contributed by atoms with Gasteiger partial charge in [0.25, 0.3) is 0 Å². The number of nitrogens with one attached hydrogen (secondary N) is 1. The summed E-state index contributed by atoms with van der Waals surface area (Å²) in [5, 5.41) is 3.30. The van der Waals surface area contributed by atoms with Crippen LogP contribution in [0.25, 0.3) is 0 Å². The maximum Gasteiger partial charge on any atom is 0.333 e. The molecule has 1 aliphatic carbocycles. The van der Waals surface area contributed by atoms with Gasteiger partial charge in [-0.2, -0.15) is 0 Å². The average Bonchev–Trinajstić information content (AvgIpc) is 3.00. The Bertz CT molecular complexity index is 254. The van der Waals surface area contributed by atoms with Crippen molar-refractivity contribution in [2.75, 3.05) is 20.2 Å². The van der Waals surface area contributed by atoms with Crippen molar-refractivity contribution in [2.24, 2.45) is 5.92 Å². The zero-order chi connectivity index (χ0) is 9.26. The van der Waals surface area contributed by atoms with Gasteiger partial charge in [0.2, 0.25) is 0 Å². The zero-order valence-corrected chi connectivity index (χ0v) is 7.93. The topological polar surface area (TPSA) is 38.3 Å². The minimum absolute atomic E-state index is 0.122. The van der Waals surface area contributed by atoms with Crippen LogP contribution < -0.4 is 5.32 Å². The summed E-state index contributed by atoms with van der Waals surface area (Å²) in [6, 6.07) is 0. The van der Waals surface area contributed by atoms with E-state index in [0.717, 1.165) is 25.1 Å². The van der Waals surface area contributed by atoms with Crippen molar-refractivity contribution >= 4 is 5.97 Å². The number of methoxy groups -OCH3 is 1. The van der Waals surface area contributed by atoms with E-state index >= 15 is 0 Å². The van der Waals surface area contributed by atoms with Gasteiger partial charge in [-0.1, -0.05) is 0 Å². The average molecular weight is 181 g/mol. The molecule has 0 radical (unpaired) electrons. The SMILES string of the molecule is COC(=O)C1=C(C2CC2)CNCC1. The minimum Gasteiger partial charge on any atom is -0.466 e. The number of hydrogen-bond donors (Lipinski definition) is 1. The lowest BCUT2D eigenvalue weighted by molar-refractivity contribution is -0.136. The first kappa shape index (κ1) is 8.75. The molecule has 1 aliphatic heterocycles. The molecule has 0 spiro atoms. The van der Waals surface area contributed by atoms with Crippen LogP contribution in [0.5, 0.6) is 0 Å². The lowest BCUT2D eigenvalue weighted by Crippen LogP contribution is -2.29. The van der Waals surface area contributed by atoms with Gasteiger partial charge in [-0.05, 0) is 37.3 Å².